The molecule has 1 heterocycles. The monoisotopic (exact) mass is 317 g/mol. The van der Waals surface area contributed by atoms with Crippen molar-refractivity contribution in [2.24, 2.45) is 5.92 Å². The molecule has 0 aromatic heterocycles. The second-order valence-electron chi connectivity index (χ2n) is 5.47. The number of anilines is 1. The van der Waals surface area contributed by atoms with Gasteiger partial charge in [-0.15, -0.1) is 0 Å². The molecule has 1 aliphatic heterocycles. The second-order valence-corrected chi connectivity index (χ2v) is 5.90. The Bertz CT molecular complexity index is 588. The summed E-state index contributed by atoms with van der Waals surface area (Å²) in [6.45, 7) is 0.731. The highest BCUT2D eigenvalue weighted by molar-refractivity contribution is 6.30. The number of ether oxygens (including phenoxy) is 2. The minimum Gasteiger partial charge on any atom is -0.378 e. The van der Waals surface area contributed by atoms with Gasteiger partial charge in [-0.1, -0.05) is 41.9 Å². The third kappa shape index (κ3) is 3.43. The van der Waals surface area contributed by atoms with Crippen LogP contribution in [0.25, 0.3) is 0 Å². The van der Waals surface area contributed by atoms with Crippen molar-refractivity contribution in [3.05, 3.63) is 65.2 Å². The van der Waals surface area contributed by atoms with Crippen molar-refractivity contribution >= 4 is 17.3 Å². The summed E-state index contributed by atoms with van der Waals surface area (Å²) in [5, 5.41) is 4.35. The van der Waals surface area contributed by atoms with Gasteiger partial charge < -0.3 is 14.8 Å². The van der Waals surface area contributed by atoms with Crippen molar-refractivity contribution < 1.29 is 9.47 Å². The van der Waals surface area contributed by atoms with E-state index >= 15 is 0 Å². The highest BCUT2D eigenvalue weighted by Gasteiger charge is 2.35. The molecule has 3 atom stereocenters. The Morgan fingerprint density at radius 2 is 1.86 bits per heavy atom. The van der Waals surface area contributed by atoms with Crippen LogP contribution in [-0.4, -0.2) is 20.0 Å². The smallest absolute Gasteiger partial charge is 0.162 e. The largest absolute Gasteiger partial charge is 0.378 e. The van der Waals surface area contributed by atoms with Crippen molar-refractivity contribution in [1.82, 2.24) is 0 Å². The minimum atomic E-state index is -0.176. The predicted molar refractivity (Wildman–Crippen MR) is 89.1 cm³/mol. The van der Waals surface area contributed by atoms with E-state index in [-0.39, 0.29) is 18.2 Å². The van der Waals surface area contributed by atoms with Gasteiger partial charge in [0.1, 0.15) is 0 Å². The molecule has 22 heavy (non-hydrogen) atoms. The van der Waals surface area contributed by atoms with E-state index in [4.69, 9.17) is 21.1 Å². The van der Waals surface area contributed by atoms with Gasteiger partial charge in [0.2, 0.25) is 0 Å². The average molecular weight is 318 g/mol. The maximum atomic E-state index is 5.97. The van der Waals surface area contributed by atoms with E-state index < -0.39 is 0 Å². The molecule has 0 spiro atoms. The summed E-state index contributed by atoms with van der Waals surface area (Å²) < 4.78 is 11.2. The van der Waals surface area contributed by atoms with Crippen LogP contribution in [0.5, 0.6) is 0 Å². The van der Waals surface area contributed by atoms with Gasteiger partial charge in [-0.3, -0.25) is 0 Å². The summed E-state index contributed by atoms with van der Waals surface area (Å²) in [7, 11) is 1.70. The van der Waals surface area contributed by atoms with Crippen LogP contribution in [0.1, 0.15) is 18.0 Å². The number of benzene rings is 2. The maximum absolute atomic E-state index is 5.97. The zero-order chi connectivity index (χ0) is 15.4. The molecular formula is C18H20ClNO2. The number of hydrogen-bond donors (Lipinski definition) is 1. The molecule has 1 saturated heterocycles. The highest BCUT2D eigenvalue weighted by Crippen LogP contribution is 2.36. The molecule has 0 bridgehead atoms. The van der Waals surface area contributed by atoms with Gasteiger partial charge in [-0.05, 0) is 36.2 Å². The van der Waals surface area contributed by atoms with Crippen molar-refractivity contribution in [3.8, 4) is 0 Å². The standard InChI is InChI=1S/C18H20ClNO2/c1-21-18-16(11-12-22-18)17(13-5-3-2-4-6-13)20-15-9-7-14(19)8-10-15/h2-10,16-18,20H,11-12H2,1H3/t16-,17?,18+/m1/s1. The van der Waals surface area contributed by atoms with E-state index in [2.05, 4.69) is 29.6 Å². The van der Waals surface area contributed by atoms with E-state index in [0.29, 0.717) is 0 Å². The molecule has 1 aliphatic rings. The van der Waals surface area contributed by atoms with Crippen molar-refractivity contribution in [1.29, 1.82) is 0 Å². The number of methoxy groups -OCH3 is 1. The van der Waals surface area contributed by atoms with Crippen LogP contribution >= 0.6 is 11.6 Å². The van der Waals surface area contributed by atoms with Crippen LogP contribution in [0, 0.1) is 5.92 Å². The van der Waals surface area contributed by atoms with Crippen LogP contribution in [0.3, 0.4) is 0 Å². The molecule has 3 nitrogen and oxygen atoms in total. The lowest BCUT2D eigenvalue weighted by Crippen LogP contribution is -2.29. The quantitative estimate of drug-likeness (QED) is 0.880. The van der Waals surface area contributed by atoms with Gasteiger partial charge >= 0.3 is 0 Å². The first-order valence-electron chi connectivity index (χ1n) is 7.49. The molecule has 0 aliphatic carbocycles. The van der Waals surface area contributed by atoms with Crippen LogP contribution in [-0.2, 0) is 9.47 Å². The molecule has 4 heteroatoms. The van der Waals surface area contributed by atoms with Gasteiger partial charge in [0, 0.05) is 23.7 Å². The van der Waals surface area contributed by atoms with Crippen molar-refractivity contribution in [2.75, 3.05) is 19.0 Å². The van der Waals surface area contributed by atoms with Gasteiger partial charge in [0.15, 0.2) is 6.29 Å². The highest BCUT2D eigenvalue weighted by atomic mass is 35.5. The molecule has 2 aromatic rings. The average Bonchev–Trinajstić information content (AvgIpc) is 3.03. The fourth-order valence-electron chi connectivity index (χ4n) is 2.97. The van der Waals surface area contributed by atoms with E-state index in [1.165, 1.54) is 5.56 Å². The van der Waals surface area contributed by atoms with E-state index in [1.54, 1.807) is 7.11 Å². The first-order valence-corrected chi connectivity index (χ1v) is 7.87. The summed E-state index contributed by atoms with van der Waals surface area (Å²) in [5.41, 5.74) is 2.27. The molecule has 1 N–H and O–H groups in total. The lowest BCUT2D eigenvalue weighted by atomic mass is 9.91. The fraction of sp³-hybridized carbons (Fsp3) is 0.333. The fourth-order valence-corrected chi connectivity index (χ4v) is 3.10. The van der Waals surface area contributed by atoms with E-state index in [0.717, 1.165) is 23.7 Å². The summed E-state index contributed by atoms with van der Waals surface area (Å²) in [6.07, 6.45) is 0.795. The minimum absolute atomic E-state index is 0.134. The van der Waals surface area contributed by atoms with Gasteiger partial charge in [-0.25, -0.2) is 0 Å². The molecule has 1 fully saturated rings. The Balaban J connectivity index is 1.87. The van der Waals surface area contributed by atoms with Crippen LogP contribution in [0.2, 0.25) is 5.02 Å². The van der Waals surface area contributed by atoms with Crippen molar-refractivity contribution in [3.63, 3.8) is 0 Å². The molecule has 0 amide bonds. The first kappa shape index (κ1) is 15.3. The van der Waals surface area contributed by atoms with E-state index in [9.17, 15) is 0 Å². The Hall–Kier alpha value is -1.55. The summed E-state index contributed by atoms with van der Waals surface area (Å²) >= 11 is 5.97. The summed E-state index contributed by atoms with van der Waals surface area (Å²) in [5.74, 6) is 0.267. The van der Waals surface area contributed by atoms with Crippen molar-refractivity contribution in [2.45, 2.75) is 18.8 Å². The van der Waals surface area contributed by atoms with Gasteiger partial charge in [-0.2, -0.15) is 0 Å². The zero-order valence-corrected chi connectivity index (χ0v) is 13.3. The number of nitrogens with one attached hydrogen (secondary N) is 1. The SMILES string of the molecule is CO[C@H]1OCC[C@@H]1C(Nc1ccc(Cl)cc1)c1ccccc1. The Labute approximate surface area is 136 Å². The number of hydrogen-bond acceptors (Lipinski definition) is 3. The predicted octanol–water partition coefficient (Wildman–Crippen LogP) is 4.50. The zero-order valence-electron chi connectivity index (χ0n) is 12.5. The Kier molecular flexibility index (Phi) is 4.98. The molecule has 0 radical (unpaired) electrons. The summed E-state index contributed by atoms with van der Waals surface area (Å²) in [4.78, 5) is 0. The van der Waals surface area contributed by atoms with Crippen LogP contribution in [0.4, 0.5) is 5.69 Å². The molecule has 0 saturated carbocycles. The van der Waals surface area contributed by atoms with Gasteiger partial charge in [0.05, 0.1) is 12.6 Å². The third-order valence-corrected chi connectivity index (χ3v) is 4.32. The number of halogens is 1. The normalized spacial score (nSPS) is 22.5. The number of rotatable bonds is 5. The lowest BCUT2D eigenvalue weighted by molar-refractivity contribution is -0.112. The Morgan fingerprint density at radius 1 is 1.14 bits per heavy atom. The Morgan fingerprint density at radius 3 is 2.55 bits per heavy atom. The first-order chi connectivity index (χ1) is 10.8. The topological polar surface area (TPSA) is 30.5 Å². The molecular weight excluding hydrogens is 298 g/mol. The van der Waals surface area contributed by atoms with E-state index in [1.807, 2.05) is 30.3 Å². The maximum Gasteiger partial charge on any atom is 0.162 e. The lowest BCUT2D eigenvalue weighted by Gasteiger charge is -2.29. The molecule has 1 unspecified atom stereocenters. The molecule has 116 valence electrons. The molecule has 3 rings (SSSR count). The van der Waals surface area contributed by atoms with Gasteiger partial charge in [0.25, 0.3) is 0 Å². The van der Waals surface area contributed by atoms with Crippen LogP contribution < -0.4 is 5.32 Å². The second kappa shape index (κ2) is 7.14. The van der Waals surface area contributed by atoms with Crippen LogP contribution in [0.15, 0.2) is 54.6 Å². The molecule has 2 aromatic carbocycles. The third-order valence-electron chi connectivity index (χ3n) is 4.07. The summed E-state index contributed by atoms with van der Waals surface area (Å²) in [6, 6.07) is 18.3.